The summed E-state index contributed by atoms with van der Waals surface area (Å²) in [5, 5.41) is 15.4. The van der Waals surface area contributed by atoms with E-state index in [1.165, 1.54) is 12.1 Å². The topological polar surface area (TPSA) is 103 Å². The Morgan fingerprint density at radius 2 is 1.81 bits per heavy atom. The van der Waals surface area contributed by atoms with E-state index in [-0.39, 0.29) is 12.4 Å². The van der Waals surface area contributed by atoms with Crippen molar-refractivity contribution < 1.29 is 22.7 Å². The number of halogens is 1. The van der Waals surface area contributed by atoms with Crippen LogP contribution in [0.1, 0.15) is 11.7 Å². The summed E-state index contributed by atoms with van der Waals surface area (Å²) in [5.41, 5.74) is 2.62. The summed E-state index contributed by atoms with van der Waals surface area (Å²) < 4.78 is 44.3. The predicted octanol–water partition coefficient (Wildman–Crippen LogP) is 3.53. The van der Waals surface area contributed by atoms with Gasteiger partial charge in [-0.15, -0.1) is 0 Å². The van der Waals surface area contributed by atoms with Crippen molar-refractivity contribution in [2.45, 2.75) is 6.10 Å². The summed E-state index contributed by atoms with van der Waals surface area (Å²) in [6.45, 7) is 1.19. The zero-order chi connectivity index (χ0) is 22.7. The fourth-order valence-electron chi connectivity index (χ4n) is 3.57. The van der Waals surface area contributed by atoms with Crippen LogP contribution in [0.2, 0.25) is 0 Å². The van der Waals surface area contributed by atoms with E-state index in [0.29, 0.717) is 30.2 Å². The largest absolute Gasteiger partial charge is 0.492 e. The van der Waals surface area contributed by atoms with Crippen molar-refractivity contribution in [2.75, 3.05) is 30.7 Å². The average Bonchev–Trinajstić information content (AvgIpc) is 3.08. The van der Waals surface area contributed by atoms with Crippen molar-refractivity contribution >= 4 is 37.5 Å². The standard InChI is InChI=1S/C23H24FN3O4S/c1-32(29,30)27-17-4-2-3-15(11-17)23(28)14-25-9-10-31-18-6-8-20-19-7-5-16(24)12-21(19)26-22(20)13-18/h2-8,11-13,23,25-28H,9-10,14H2,1H3. The van der Waals surface area contributed by atoms with Gasteiger partial charge in [-0.1, -0.05) is 12.1 Å². The summed E-state index contributed by atoms with van der Waals surface area (Å²) in [6, 6.07) is 17.0. The summed E-state index contributed by atoms with van der Waals surface area (Å²) in [5.74, 6) is 0.401. The number of fused-ring (bicyclic) bond motifs is 3. The molecular formula is C23H24FN3O4S. The number of rotatable bonds is 9. The molecule has 4 rings (SSSR count). The van der Waals surface area contributed by atoms with E-state index in [2.05, 4.69) is 15.0 Å². The molecule has 168 valence electrons. The van der Waals surface area contributed by atoms with E-state index < -0.39 is 16.1 Å². The first-order valence-electron chi connectivity index (χ1n) is 10.1. The van der Waals surface area contributed by atoms with E-state index in [4.69, 9.17) is 4.74 Å². The minimum atomic E-state index is -3.38. The van der Waals surface area contributed by atoms with Gasteiger partial charge < -0.3 is 20.1 Å². The van der Waals surface area contributed by atoms with Crippen LogP contribution < -0.4 is 14.8 Å². The molecule has 3 aromatic carbocycles. The molecule has 0 spiro atoms. The third-order valence-corrected chi connectivity index (χ3v) is 5.60. The Hall–Kier alpha value is -3.14. The number of hydrogen-bond donors (Lipinski definition) is 4. The Bertz CT molecular complexity index is 1350. The van der Waals surface area contributed by atoms with Crippen molar-refractivity contribution in [2.24, 2.45) is 0 Å². The Kier molecular flexibility index (Phi) is 6.31. The van der Waals surface area contributed by atoms with Crippen LogP contribution in [0.25, 0.3) is 21.8 Å². The molecule has 1 heterocycles. The van der Waals surface area contributed by atoms with Crippen LogP contribution in [0.15, 0.2) is 60.7 Å². The monoisotopic (exact) mass is 457 g/mol. The number of aliphatic hydroxyl groups excluding tert-OH is 1. The van der Waals surface area contributed by atoms with E-state index >= 15 is 0 Å². The molecule has 4 N–H and O–H groups in total. The number of nitrogens with one attached hydrogen (secondary N) is 3. The number of aliphatic hydroxyl groups is 1. The number of H-pyrrole nitrogens is 1. The molecule has 0 amide bonds. The molecule has 0 aliphatic heterocycles. The second kappa shape index (κ2) is 9.15. The van der Waals surface area contributed by atoms with E-state index in [9.17, 15) is 17.9 Å². The maximum atomic E-state index is 13.4. The summed E-state index contributed by atoms with van der Waals surface area (Å²) >= 11 is 0. The van der Waals surface area contributed by atoms with Crippen molar-refractivity contribution in [3.63, 3.8) is 0 Å². The molecule has 0 radical (unpaired) electrons. The summed E-state index contributed by atoms with van der Waals surface area (Å²) in [4.78, 5) is 3.20. The van der Waals surface area contributed by atoms with Gasteiger partial charge in [-0.2, -0.15) is 0 Å². The molecule has 7 nitrogen and oxygen atoms in total. The van der Waals surface area contributed by atoms with Crippen LogP contribution in [-0.2, 0) is 10.0 Å². The van der Waals surface area contributed by atoms with Gasteiger partial charge in [-0.25, -0.2) is 12.8 Å². The van der Waals surface area contributed by atoms with Crippen LogP contribution in [-0.4, -0.2) is 44.5 Å². The van der Waals surface area contributed by atoms with E-state index in [1.807, 2.05) is 18.2 Å². The van der Waals surface area contributed by atoms with Gasteiger partial charge in [0.15, 0.2) is 0 Å². The average molecular weight is 458 g/mol. The molecule has 1 unspecified atom stereocenters. The Labute approximate surface area is 185 Å². The molecule has 0 fully saturated rings. The molecular weight excluding hydrogens is 433 g/mol. The molecule has 1 atom stereocenters. The molecule has 0 aliphatic rings. The first-order valence-corrected chi connectivity index (χ1v) is 12.0. The number of anilines is 1. The predicted molar refractivity (Wildman–Crippen MR) is 124 cm³/mol. The van der Waals surface area contributed by atoms with Crippen LogP contribution in [0.3, 0.4) is 0 Å². The minimum absolute atomic E-state index is 0.285. The molecule has 0 bridgehead atoms. The quantitative estimate of drug-likeness (QED) is 0.288. The van der Waals surface area contributed by atoms with E-state index in [0.717, 1.165) is 28.1 Å². The molecule has 0 aliphatic carbocycles. The maximum absolute atomic E-state index is 13.4. The molecule has 32 heavy (non-hydrogen) atoms. The van der Waals surface area contributed by atoms with Crippen LogP contribution in [0.4, 0.5) is 10.1 Å². The number of aromatic amines is 1. The number of aromatic nitrogens is 1. The second-order valence-corrected chi connectivity index (χ2v) is 9.34. The SMILES string of the molecule is CS(=O)(=O)Nc1cccc(C(O)CNCCOc2ccc3c(c2)[nH]c2cc(F)ccc23)c1. The highest BCUT2D eigenvalue weighted by molar-refractivity contribution is 7.92. The fraction of sp³-hybridized carbons (Fsp3) is 0.217. The van der Waals surface area contributed by atoms with Gasteiger partial charge in [0.1, 0.15) is 18.2 Å². The van der Waals surface area contributed by atoms with Gasteiger partial charge in [0.2, 0.25) is 10.0 Å². The Morgan fingerprint density at radius 1 is 1.06 bits per heavy atom. The summed E-state index contributed by atoms with van der Waals surface area (Å²) in [7, 11) is -3.38. The third kappa shape index (κ3) is 5.37. The lowest BCUT2D eigenvalue weighted by Gasteiger charge is -2.14. The summed E-state index contributed by atoms with van der Waals surface area (Å²) in [6.07, 6.45) is 0.285. The van der Waals surface area contributed by atoms with Gasteiger partial charge in [0.05, 0.1) is 17.9 Å². The van der Waals surface area contributed by atoms with Crippen molar-refractivity contribution in [1.82, 2.24) is 10.3 Å². The van der Waals surface area contributed by atoms with Gasteiger partial charge in [0, 0.05) is 41.1 Å². The fourth-order valence-corrected chi connectivity index (χ4v) is 4.13. The normalized spacial score (nSPS) is 12.8. The molecule has 1 aromatic heterocycles. The smallest absolute Gasteiger partial charge is 0.229 e. The first kappa shape index (κ1) is 22.1. The van der Waals surface area contributed by atoms with Gasteiger partial charge >= 0.3 is 0 Å². The molecule has 4 aromatic rings. The Balaban J connectivity index is 1.28. The van der Waals surface area contributed by atoms with Crippen LogP contribution in [0.5, 0.6) is 5.75 Å². The number of benzene rings is 3. The number of ether oxygens (including phenoxy) is 1. The lowest BCUT2D eigenvalue weighted by molar-refractivity contribution is 0.172. The zero-order valence-electron chi connectivity index (χ0n) is 17.4. The lowest BCUT2D eigenvalue weighted by atomic mass is 10.1. The highest BCUT2D eigenvalue weighted by Gasteiger charge is 2.10. The van der Waals surface area contributed by atoms with Gasteiger partial charge in [-0.3, -0.25) is 4.72 Å². The first-order chi connectivity index (χ1) is 15.3. The lowest BCUT2D eigenvalue weighted by Crippen LogP contribution is -2.26. The van der Waals surface area contributed by atoms with Gasteiger partial charge in [-0.05, 0) is 48.0 Å². The zero-order valence-corrected chi connectivity index (χ0v) is 18.2. The highest BCUT2D eigenvalue weighted by atomic mass is 32.2. The number of hydrogen-bond acceptors (Lipinski definition) is 5. The second-order valence-electron chi connectivity index (χ2n) is 7.59. The van der Waals surface area contributed by atoms with Crippen molar-refractivity contribution in [1.29, 1.82) is 0 Å². The van der Waals surface area contributed by atoms with Crippen molar-refractivity contribution in [3.8, 4) is 5.75 Å². The van der Waals surface area contributed by atoms with E-state index in [1.54, 1.807) is 30.3 Å². The van der Waals surface area contributed by atoms with Crippen LogP contribution >= 0.6 is 0 Å². The number of sulfonamides is 1. The van der Waals surface area contributed by atoms with Gasteiger partial charge in [0.25, 0.3) is 0 Å². The van der Waals surface area contributed by atoms with Crippen LogP contribution in [0, 0.1) is 5.82 Å². The maximum Gasteiger partial charge on any atom is 0.229 e. The molecule has 9 heteroatoms. The Morgan fingerprint density at radius 3 is 2.59 bits per heavy atom. The third-order valence-electron chi connectivity index (χ3n) is 4.99. The highest BCUT2D eigenvalue weighted by Crippen LogP contribution is 2.28. The minimum Gasteiger partial charge on any atom is -0.492 e. The molecule has 0 saturated carbocycles. The molecule has 0 saturated heterocycles. The van der Waals surface area contributed by atoms with Crippen molar-refractivity contribution in [3.05, 3.63) is 72.0 Å².